The van der Waals surface area contributed by atoms with Crippen LogP contribution in [0.25, 0.3) is 0 Å². The number of hydrogen-bond acceptors (Lipinski definition) is 6. The van der Waals surface area contributed by atoms with Gasteiger partial charge in [0.15, 0.2) is 0 Å². The van der Waals surface area contributed by atoms with Crippen molar-refractivity contribution in [1.82, 2.24) is 14.9 Å². The average Bonchev–Trinajstić information content (AvgIpc) is 2.73. The van der Waals surface area contributed by atoms with E-state index in [1.807, 2.05) is 0 Å². The van der Waals surface area contributed by atoms with Crippen molar-refractivity contribution in [2.45, 2.75) is 26.3 Å². The second kappa shape index (κ2) is 5.39. The molecule has 100 valence electrons. The molecular formula is C12H22N6. The smallest absolute Gasteiger partial charge is 0.223 e. The molecule has 2 rings (SSSR count). The number of hydrogen-bond donors (Lipinski definition) is 3. The molecule has 0 radical (unpaired) electrons. The van der Waals surface area contributed by atoms with Gasteiger partial charge in [-0.2, -0.15) is 9.97 Å². The van der Waals surface area contributed by atoms with Gasteiger partial charge in [0.25, 0.3) is 0 Å². The first-order chi connectivity index (χ1) is 8.54. The van der Waals surface area contributed by atoms with Gasteiger partial charge in [-0.05, 0) is 32.7 Å². The van der Waals surface area contributed by atoms with Crippen molar-refractivity contribution in [3.63, 3.8) is 0 Å². The number of likely N-dealkylation sites (tertiary alicyclic amines) is 1. The molecule has 0 aromatic carbocycles. The lowest BCUT2D eigenvalue weighted by atomic mass is 10.1. The molecule has 1 fully saturated rings. The number of aromatic nitrogens is 2. The zero-order chi connectivity index (χ0) is 13.1. The van der Waals surface area contributed by atoms with Gasteiger partial charge in [0.2, 0.25) is 5.95 Å². The molecule has 0 spiro atoms. The van der Waals surface area contributed by atoms with E-state index in [-0.39, 0.29) is 5.95 Å². The Morgan fingerprint density at radius 2 is 2.22 bits per heavy atom. The Hall–Kier alpha value is -1.56. The summed E-state index contributed by atoms with van der Waals surface area (Å²) in [6, 6.07) is 2.34. The number of nitrogens with zero attached hydrogens (tertiary/aromatic N) is 3. The third-order valence-electron chi connectivity index (χ3n) is 3.38. The maximum atomic E-state index is 5.63. The summed E-state index contributed by atoms with van der Waals surface area (Å²) < 4.78 is 0. The van der Waals surface area contributed by atoms with Crippen LogP contribution in [0.2, 0.25) is 0 Å². The van der Waals surface area contributed by atoms with Crippen LogP contribution in [-0.4, -0.2) is 40.5 Å². The lowest BCUT2D eigenvalue weighted by Gasteiger charge is -2.20. The van der Waals surface area contributed by atoms with Gasteiger partial charge in [-0.15, -0.1) is 0 Å². The Morgan fingerprint density at radius 1 is 1.44 bits per heavy atom. The normalized spacial score (nSPS) is 20.5. The van der Waals surface area contributed by atoms with Crippen LogP contribution in [0.3, 0.4) is 0 Å². The van der Waals surface area contributed by atoms with Crippen LogP contribution in [0.5, 0.6) is 0 Å². The maximum Gasteiger partial charge on any atom is 0.223 e. The minimum Gasteiger partial charge on any atom is -0.383 e. The molecule has 0 aliphatic carbocycles. The monoisotopic (exact) mass is 250 g/mol. The molecule has 1 atom stereocenters. The topological polar surface area (TPSA) is 93.1 Å². The summed E-state index contributed by atoms with van der Waals surface area (Å²) in [5.41, 5.74) is 11.2. The largest absolute Gasteiger partial charge is 0.383 e. The fourth-order valence-electron chi connectivity index (χ4n) is 2.32. The molecule has 18 heavy (non-hydrogen) atoms. The van der Waals surface area contributed by atoms with Gasteiger partial charge in [0.1, 0.15) is 11.6 Å². The van der Waals surface area contributed by atoms with Crippen LogP contribution in [0, 0.1) is 5.92 Å². The van der Waals surface area contributed by atoms with Crippen LogP contribution in [0.15, 0.2) is 6.07 Å². The summed E-state index contributed by atoms with van der Waals surface area (Å²) in [5, 5.41) is 3.29. The Kier molecular flexibility index (Phi) is 3.86. The quantitative estimate of drug-likeness (QED) is 0.731. The molecule has 1 aliphatic heterocycles. The zero-order valence-electron chi connectivity index (χ0n) is 11.1. The van der Waals surface area contributed by atoms with Gasteiger partial charge >= 0.3 is 0 Å². The van der Waals surface area contributed by atoms with E-state index in [0.717, 1.165) is 13.1 Å². The molecular weight excluding hydrogens is 228 g/mol. The van der Waals surface area contributed by atoms with Gasteiger partial charge in [0, 0.05) is 25.2 Å². The first kappa shape index (κ1) is 12.9. The zero-order valence-corrected chi connectivity index (χ0v) is 11.1. The van der Waals surface area contributed by atoms with Gasteiger partial charge in [-0.1, -0.05) is 0 Å². The van der Waals surface area contributed by atoms with Gasteiger partial charge in [0.05, 0.1) is 0 Å². The molecule has 6 heteroatoms. The molecule has 5 N–H and O–H groups in total. The minimum absolute atomic E-state index is 0.215. The van der Waals surface area contributed by atoms with Crippen molar-refractivity contribution in [1.29, 1.82) is 0 Å². The van der Waals surface area contributed by atoms with Gasteiger partial charge < -0.3 is 21.7 Å². The minimum atomic E-state index is 0.215. The molecule has 1 aromatic heterocycles. The Balaban J connectivity index is 1.85. The maximum absolute atomic E-state index is 5.63. The van der Waals surface area contributed by atoms with E-state index in [0.29, 0.717) is 23.6 Å². The van der Waals surface area contributed by atoms with Gasteiger partial charge in [-0.3, -0.25) is 0 Å². The van der Waals surface area contributed by atoms with Crippen molar-refractivity contribution >= 4 is 17.6 Å². The first-order valence-electron chi connectivity index (χ1n) is 6.42. The molecule has 1 aliphatic rings. The lowest BCUT2D eigenvalue weighted by Crippen LogP contribution is -2.29. The summed E-state index contributed by atoms with van der Waals surface area (Å²) in [6.07, 6.45) is 1.22. The van der Waals surface area contributed by atoms with E-state index in [1.54, 1.807) is 6.07 Å². The molecule has 1 saturated heterocycles. The molecule has 0 bridgehead atoms. The number of nitrogen functional groups attached to an aromatic ring is 2. The van der Waals surface area contributed by atoms with Crippen molar-refractivity contribution in [3.05, 3.63) is 6.07 Å². The van der Waals surface area contributed by atoms with E-state index in [2.05, 4.69) is 34.0 Å². The van der Waals surface area contributed by atoms with E-state index >= 15 is 0 Å². The van der Waals surface area contributed by atoms with Crippen LogP contribution in [0.1, 0.15) is 20.3 Å². The van der Waals surface area contributed by atoms with E-state index in [4.69, 9.17) is 11.5 Å². The number of rotatable bonds is 4. The SMILES string of the molecule is CC(C)N1CCC(CNc2cc(N)nc(N)n2)C1. The number of nitrogens with two attached hydrogens (primary N) is 2. The Labute approximate surface area is 108 Å². The molecule has 1 aromatic rings. The molecule has 6 nitrogen and oxygen atoms in total. The van der Waals surface area contributed by atoms with E-state index in [1.165, 1.54) is 13.0 Å². The number of nitrogens with one attached hydrogen (secondary N) is 1. The predicted octanol–water partition coefficient (Wildman–Crippen LogP) is 0.783. The highest BCUT2D eigenvalue weighted by atomic mass is 15.2. The summed E-state index contributed by atoms with van der Waals surface area (Å²) in [5.74, 6) is 1.99. The predicted molar refractivity (Wildman–Crippen MR) is 74.2 cm³/mol. The third kappa shape index (κ3) is 3.22. The molecule has 2 heterocycles. The summed E-state index contributed by atoms with van der Waals surface area (Å²) in [4.78, 5) is 10.5. The first-order valence-corrected chi connectivity index (χ1v) is 6.42. The van der Waals surface area contributed by atoms with Crippen molar-refractivity contribution in [2.75, 3.05) is 36.4 Å². The summed E-state index contributed by atoms with van der Waals surface area (Å²) in [6.45, 7) is 7.70. The highest BCUT2D eigenvalue weighted by Gasteiger charge is 2.23. The fraction of sp³-hybridized carbons (Fsp3) is 0.667. The van der Waals surface area contributed by atoms with Crippen LogP contribution in [0.4, 0.5) is 17.6 Å². The summed E-state index contributed by atoms with van der Waals surface area (Å²) in [7, 11) is 0. The molecule has 0 saturated carbocycles. The third-order valence-corrected chi connectivity index (χ3v) is 3.38. The standard InChI is InChI=1S/C12H22N6/c1-8(2)18-4-3-9(7-18)6-15-11-5-10(13)16-12(14)17-11/h5,8-9H,3-4,6-7H2,1-2H3,(H5,13,14,15,16,17). The van der Waals surface area contributed by atoms with Crippen molar-refractivity contribution in [2.24, 2.45) is 5.92 Å². The summed E-state index contributed by atoms with van der Waals surface area (Å²) >= 11 is 0. The molecule has 0 amide bonds. The van der Waals surface area contributed by atoms with Crippen molar-refractivity contribution in [3.8, 4) is 0 Å². The number of anilines is 3. The lowest BCUT2D eigenvalue weighted by molar-refractivity contribution is 0.266. The van der Waals surface area contributed by atoms with E-state index < -0.39 is 0 Å². The Morgan fingerprint density at radius 3 is 2.83 bits per heavy atom. The van der Waals surface area contributed by atoms with Crippen LogP contribution < -0.4 is 16.8 Å². The second-order valence-electron chi connectivity index (χ2n) is 5.16. The Bertz CT molecular complexity index is 385. The highest BCUT2D eigenvalue weighted by Crippen LogP contribution is 2.19. The van der Waals surface area contributed by atoms with Crippen LogP contribution >= 0.6 is 0 Å². The van der Waals surface area contributed by atoms with Gasteiger partial charge in [-0.25, -0.2) is 0 Å². The molecule has 1 unspecified atom stereocenters. The van der Waals surface area contributed by atoms with Crippen LogP contribution in [-0.2, 0) is 0 Å². The second-order valence-corrected chi connectivity index (χ2v) is 5.16. The average molecular weight is 250 g/mol. The highest BCUT2D eigenvalue weighted by molar-refractivity contribution is 5.48. The van der Waals surface area contributed by atoms with Crippen molar-refractivity contribution < 1.29 is 0 Å². The van der Waals surface area contributed by atoms with E-state index in [9.17, 15) is 0 Å². The fourth-order valence-corrected chi connectivity index (χ4v) is 2.32.